The minimum Gasteiger partial charge on any atom is -0.384 e. The van der Waals surface area contributed by atoms with Gasteiger partial charge in [-0.2, -0.15) is 13.1 Å². The Labute approximate surface area is 167 Å². The summed E-state index contributed by atoms with van der Waals surface area (Å²) in [6, 6.07) is 8.71. The lowest BCUT2D eigenvalue weighted by Crippen LogP contribution is -2.30. The lowest BCUT2D eigenvalue weighted by Gasteiger charge is -2.17. The molecule has 10 heteroatoms. The first kappa shape index (κ1) is 18.7. The molecule has 1 aliphatic heterocycles. The van der Waals surface area contributed by atoms with Crippen molar-refractivity contribution >= 4 is 50.0 Å². The van der Waals surface area contributed by atoms with Gasteiger partial charge in [0.2, 0.25) is 0 Å². The van der Waals surface area contributed by atoms with E-state index in [2.05, 4.69) is 9.71 Å². The van der Waals surface area contributed by atoms with Gasteiger partial charge in [0.05, 0.1) is 11.2 Å². The highest BCUT2D eigenvalue weighted by Gasteiger charge is 2.34. The minimum absolute atomic E-state index is 0.233. The number of pyridine rings is 1. The van der Waals surface area contributed by atoms with Crippen LogP contribution in [0.2, 0.25) is 5.02 Å². The average Bonchev–Trinajstić information content (AvgIpc) is 3.11. The molecule has 0 unspecified atom stereocenters. The monoisotopic (exact) mass is 419 g/mol. The van der Waals surface area contributed by atoms with E-state index in [-0.39, 0.29) is 18.9 Å². The molecule has 0 radical (unpaired) electrons. The van der Waals surface area contributed by atoms with Gasteiger partial charge in [-0.25, -0.2) is 4.98 Å². The highest BCUT2D eigenvalue weighted by Crippen LogP contribution is 2.38. The predicted octanol–water partition coefficient (Wildman–Crippen LogP) is 2.18. The number of anilines is 2. The smallest absolute Gasteiger partial charge is 0.301 e. The first-order valence-corrected chi connectivity index (χ1v) is 10.4. The zero-order chi connectivity index (χ0) is 20.1. The van der Waals surface area contributed by atoms with Crippen LogP contribution in [0.5, 0.6) is 0 Å². The predicted molar refractivity (Wildman–Crippen MR) is 109 cm³/mol. The Morgan fingerprint density at radius 2 is 2.11 bits per heavy atom. The van der Waals surface area contributed by atoms with E-state index < -0.39 is 10.2 Å². The quantitative estimate of drug-likeness (QED) is 0.630. The molecule has 0 amide bonds. The SMILES string of the molecule is CC(=O)c1c(N2CCNS2(=O)=O)c2cc(Cl)ccc2n1Cc1ccnc(N)c1. The van der Waals surface area contributed by atoms with E-state index in [0.717, 1.165) is 5.56 Å². The second-order valence-electron chi connectivity index (χ2n) is 6.56. The van der Waals surface area contributed by atoms with Crippen LogP contribution in [-0.2, 0) is 16.8 Å². The molecule has 0 spiro atoms. The molecule has 8 nitrogen and oxygen atoms in total. The summed E-state index contributed by atoms with van der Waals surface area (Å²) in [5.41, 5.74) is 7.99. The lowest BCUT2D eigenvalue weighted by molar-refractivity contribution is 0.101. The van der Waals surface area contributed by atoms with Crippen LogP contribution in [0.4, 0.5) is 11.5 Å². The van der Waals surface area contributed by atoms with E-state index in [1.807, 2.05) is 0 Å². The number of carbonyl (C=O) groups is 1. The van der Waals surface area contributed by atoms with Gasteiger partial charge in [-0.3, -0.25) is 9.10 Å². The number of nitrogens with zero attached hydrogens (tertiary/aromatic N) is 3. The molecule has 3 heterocycles. The second kappa shape index (κ2) is 6.77. The number of benzene rings is 1. The van der Waals surface area contributed by atoms with Gasteiger partial charge in [-0.05, 0) is 35.9 Å². The molecule has 0 saturated carbocycles. The molecule has 0 bridgehead atoms. The highest BCUT2D eigenvalue weighted by molar-refractivity contribution is 7.91. The van der Waals surface area contributed by atoms with Crippen molar-refractivity contribution in [2.45, 2.75) is 13.5 Å². The number of halogens is 1. The lowest BCUT2D eigenvalue weighted by atomic mass is 10.2. The topological polar surface area (TPSA) is 110 Å². The first-order chi connectivity index (χ1) is 13.3. The Bertz CT molecular complexity index is 1210. The third-order valence-corrected chi connectivity index (χ3v) is 6.41. The number of nitrogens with one attached hydrogen (secondary N) is 1. The van der Waals surface area contributed by atoms with E-state index in [4.69, 9.17) is 17.3 Å². The number of rotatable bonds is 4. The highest BCUT2D eigenvalue weighted by atomic mass is 35.5. The number of aromatic nitrogens is 2. The van der Waals surface area contributed by atoms with Gasteiger partial charge in [0.1, 0.15) is 11.5 Å². The fourth-order valence-electron chi connectivity index (χ4n) is 3.56. The minimum atomic E-state index is -3.72. The van der Waals surface area contributed by atoms with Crippen LogP contribution in [-0.4, -0.2) is 36.8 Å². The van der Waals surface area contributed by atoms with Crippen molar-refractivity contribution < 1.29 is 13.2 Å². The van der Waals surface area contributed by atoms with Crippen molar-refractivity contribution in [3.05, 3.63) is 52.8 Å². The molecule has 1 fully saturated rings. The third kappa shape index (κ3) is 3.11. The number of Topliss-reactive ketones (excluding diaryl/α,β-unsaturated/α-hetero) is 1. The van der Waals surface area contributed by atoms with Crippen molar-refractivity contribution in [3.8, 4) is 0 Å². The molecule has 3 N–H and O–H groups in total. The van der Waals surface area contributed by atoms with Crippen LogP contribution < -0.4 is 14.8 Å². The Hall–Kier alpha value is -2.62. The standard InChI is InChI=1S/C18H18ClN5O3S/c1-11(25)17-18(24-7-6-22-28(24,26)27)14-9-13(19)2-3-15(14)23(17)10-12-4-5-21-16(20)8-12/h2-5,8-9,22H,6-7,10H2,1H3,(H2,20,21). The van der Waals surface area contributed by atoms with Gasteiger partial charge in [0.15, 0.2) is 5.78 Å². The molecule has 146 valence electrons. The summed E-state index contributed by atoms with van der Waals surface area (Å²) in [5, 5.41) is 1.06. The van der Waals surface area contributed by atoms with E-state index in [9.17, 15) is 13.2 Å². The zero-order valence-corrected chi connectivity index (χ0v) is 16.6. The summed E-state index contributed by atoms with van der Waals surface area (Å²) in [6.45, 7) is 2.26. The molecule has 0 atom stereocenters. The maximum Gasteiger partial charge on any atom is 0.301 e. The van der Waals surface area contributed by atoms with Gasteiger partial charge >= 0.3 is 10.2 Å². The fraction of sp³-hybridized carbons (Fsp3) is 0.222. The summed E-state index contributed by atoms with van der Waals surface area (Å²) >= 11 is 6.19. The van der Waals surface area contributed by atoms with Crippen molar-refractivity contribution in [3.63, 3.8) is 0 Å². The van der Waals surface area contributed by atoms with Crippen LogP contribution in [0, 0.1) is 0 Å². The van der Waals surface area contributed by atoms with Gasteiger partial charge in [-0.1, -0.05) is 11.6 Å². The van der Waals surface area contributed by atoms with E-state index in [0.29, 0.717) is 39.7 Å². The summed E-state index contributed by atoms with van der Waals surface area (Å²) in [7, 11) is -3.72. The van der Waals surface area contributed by atoms with Crippen molar-refractivity contribution in [2.75, 3.05) is 23.1 Å². The zero-order valence-electron chi connectivity index (χ0n) is 15.0. The molecule has 3 aromatic rings. The number of nitrogen functional groups attached to an aromatic ring is 1. The number of carbonyl (C=O) groups excluding carboxylic acids is 1. The molecule has 1 saturated heterocycles. The van der Waals surface area contributed by atoms with Crippen LogP contribution in [0.25, 0.3) is 10.9 Å². The molecular formula is C18H18ClN5O3S. The molecular weight excluding hydrogens is 402 g/mol. The van der Waals surface area contributed by atoms with E-state index in [1.54, 1.807) is 41.1 Å². The maximum atomic E-state index is 12.6. The van der Waals surface area contributed by atoms with Crippen LogP contribution in [0.1, 0.15) is 23.0 Å². The van der Waals surface area contributed by atoms with Crippen molar-refractivity contribution in [2.24, 2.45) is 0 Å². The van der Waals surface area contributed by atoms with Gasteiger partial charge in [0, 0.05) is 43.2 Å². The number of hydrogen-bond donors (Lipinski definition) is 2. The van der Waals surface area contributed by atoms with Gasteiger partial charge in [-0.15, -0.1) is 0 Å². The Morgan fingerprint density at radius 3 is 2.75 bits per heavy atom. The van der Waals surface area contributed by atoms with E-state index in [1.165, 1.54) is 11.2 Å². The molecule has 28 heavy (non-hydrogen) atoms. The normalized spacial score (nSPS) is 16.0. The third-order valence-electron chi connectivity index (χ3n) is 4.66. The summed E-state index contributed by atoms with van der Waals surface area (Å²) in [4.78, 5) is 16.6. The Morgan fingerprint density at radius 1 is 1.32 bits per heavy atom. The summed E-state index contributed by atoms with van der Waals surface area (Å²) < 4.78 is 30.5. The molecule has 2 aromatic heterocycles. The molecule has 4 rings (SSSR count). The summed E-state index contributed by atoms with van der Waals surface area (Å²) in [5.74, 6) is 0.124. The van der Waals surface area contributed by atoms with Crippen molar-refractivity contribution in [1.82, 2.24) is 14.3 Å². The van der Waals surface area contributed by atoms with Gasteiger partial charge in [0.25, 0.3) is 0 Å². The average molecular weight is 420 g/mol. The Balaban J connectivity index is 2.02. The van der Waals surface area contributed by atoms with Gasteiger partial charge < -0.3 is 10.3 Å². The number of nitrogens with two attached hydrogens (primary N) is 1. The molecule has 1 aromatic carbocycles. The number of fused-ring (bicyclic) bond motifs is 1. The molecule has 0 aliphatic carbocycles. The van der Waals surface area contributed by atoms with Crippen LogP contribution in [0.15, 0.2) is 36.5 Å². The first-order valence-electron chi connectivity index (χ1n) is 8.58. The number of ketones is 1. The summed E-state index contributed by atoms with van der Waals surface area (Å²) in [6.07, 6.45) is 1.59. The van der Waals surface area contributed by atoms with Crippen molar-refractivity contribution in [1.29, 1.82) is 0 Å². The maximum absolute atomic E-state index is 12.6. The van der Waals surface area contributed by atoms with Crippen LogP contribution >= 0.6 is 11.6 Å². The Kier molecular flexibility index (Phi) is 4.53. The second-order valence-corrected chi connectivity index (χ2v) is 8.68. The fourth-order valence-corrected chi connectivity index (χ4v) is 5.00. The molecule has 1 aliphatic rings. The van der Waals surface area contributed by atoms with E-state index >= 15 is 0 Å². The van der Waals surface area contributed by atoms with Crippen LogP contribution in [0.3, 0.4) is 0 Å². The number of hydrogen-bond acceptors (Lipinski definition) is 5. The largest absolute Gasteiger partial charge is 0.384 e.